The van der Waals surface area contributed by atoms with Gasteiger partial charge in [-0.2, -0.15) is 0 Å². The fourth-order valence-corrected chi connectivity index (χ4v) is 5.12. The van der Waals surface area contributed by atoms with Gasteiger partial charge in [0.25, 0.3) is 0 Å². The number of hydrogen-bond acceptors (Lipinski definition) is 6. The fourth-order valence-electron chi connectivity index (χ4n) is 2.20. The predicted octanol–water partition coefficient (Wildman–Crippen LogP) is 2.14. The van der Waals surface area contributed by atoms with E-state index < -0.39 is 35.6 Å². The molecule has 1 aliphatic rings. The van der Waals surface area contributed by atoms with Crippen molar-refractivity contribution in [1.82, 2.24) is 10.4 Å². The van der Waals surface area contributed by atoms with E-state index in [1.807, 2.05) is 0 Å². The quantitative estimate of drug-likeness (QED) is 0.525. The molecule has 1 aromatic carbocycles. The van der Waals surface area contributed by atoms with Crippen LogP contribution in [0.15, 0.2) is 56.2 Å². The molecule has 0 aliphatic carbocycles. The molecule has 0 spiro atoms. The number of nitrogens with zero attached hydrogens (tertiary/aromatic N) is 1. The number of carbonyl (C=O) groups excluding carboxylic acids is 1. The Labute approximate surface area is 153 Å². The average Bonchev–Trinajstić information content (AvgIpc) is 2.62. The van der Waals surface area contributed by atoms with Gasteiger partial charge < -0.3 is 0 Å². The largest absolute Gasteiger partial charge is 0.347 e. The van der Waals surface area contributed by atoms with Crippen molar-refractivity contribution in [3.05, 3.63) is 51.3 Å². The third-order valence-corrected chi connectivity index (χ3v) is 8.03. The Bertz CT molecular complexity index is 963. The van der Waals surface area contributed by atoms with Crippen LogP contribution in [0.4, 0.5) is 4.79 Å². The SMILES string of the molecule is CC1(C)N(C(=O)NO)C(S(=O)(=O)c2ccc(Br)cc2)=CC=CS1(=O)=O. The van der Waals surface area contributed by atoms with Gasteiger partial charge in [0.2, 0.25) is 9.84 Å². The van der Waals surface area contributed by atoms with Crippen molar-refractivity contribution >= 4 is 41.6 Å². The molecule has 0 saturated carbocycles. The molecule has 2 N–H and O–H groups in total. The molecule has 8 nitrogen and oxygen atoms in total. The lowest BCUT2D eigenvalue weighted by atomic mass is 10.3. The van der Waals surface area contributed by atoms with Gasteiger partial charge in [0.05, 0.1) is 4.90 Å². The van der Waals surface area contributed by atoms with Crippen LogP contribution in [-0.4, -0.2) is 37.8 Å². The van der Waals surface area contributed by atoms with E-state index in [0.29, 0.717) is 9.37 Å². The van der Waals surface area contributed by atoms with Crippen molar-refractivity contribution in [3.63, 3.8) is 0 Å². The van der Waals surface area contributed by atoms with Gasteiger partial charge in [0.15, 0.2) is 9.84 Å². The maximum absolute atomic E-state index is 13.0. The molecule has 0 atom stereocenters. The minimum absolute atomic E-state index is 0.138. The number of hydrogen-bond donors (Lipinski definition) is 2. The molecule has 0 radical (unpaired) electrons. The van der Waals surface area contributed by atoms with Crippen LogP contribution in [0.1, 0.15) is 13.8 Å². The Morgan fingerprint density at radius 3 is 2.32 bits per heavy atom. The topological polar surface area (TPSA) is 121 Å². The minimum Gasteiger partial charge on any atom is -0.287 e. The van der Waals surface area contributed by atoms with Gasteiger partial charge in [-0.3, -0.25) is 10.1 Å². The fraction of sp³-hybridized carbons (Fsp3) is 0.214. The second-order valence-electron chi connectivity index (χ2n) is 5.53. The summed E-state index contributed by atoms with van der Waals surface area (Å²) < 4.78 is 51.3. The van der Waals surface area contributed by atoms with E-state index in [2.05, 4.69) is 15.9 Å². The van der Waals surface area contributed by atoms with Crippen molar-refractivity contribution in [2.45, 2.75) is 23.6 Å². The van der Waals surface area contributed by atoms with Gasteiger partial charge in [-0.05, 0) is 50.3 Å². The molecule has 0 aromatic heterocycles. The van der Waals surface area contributed by atoms with E-state index in [1.54, 1.807) is 0 Å². The van der Waals surface area contributed by atoms with Crippen molar-refractivity contribution < 1.29 is 26.8 Å². The third-order valence-electron chi connectivity index (χ3n) is 3.65. The van der Waals surface area contributed by atoms with E-state index in [1.165, 1.54) is 29.7 Å². The zero-order valence-electron chi connectivity index (χ0n) is 13.2. The van der Waals surface area contributed by atoms with E-state index in [-0.39, 0.29) is 4.90 Å². The lowest BCUT2D eigenvalue weighted by molar-refractivity contribution is 0.127. The highest BCUT2D eigenvalue weighted by atomic mass is 79.9. The first-order valence-corrected chi connectivity index (χ1v) is 10.7. The van der Waals surface area contributed by atoms with E-state index >= 15 is 0 Å². The Morgan fingerprint density at radius 2 is 1.80 bits per heavy atom. The van der Waals surface area contributed by atoms with Crippen molar-refractivity contribution in [2.75, 3.05) is 0 Å². The minimum atomic E-state index is -4.25. The molecule has 1 aromatic rings. The van der Waals surface area contributed by atoms with Crippen LogP contribution in [-0.2, 0) is 19.7 Å². The second-order valence-corrected chi connectivity index (χ2v) is 10.7. The average molecular weight is 451 g/mol. The molecule has 0 bridgehead atoms. The molecular formula is C14H15BrN2O6S2. The zero-order valence-corrected chi connectivity index (χ0v) is 16.4. The number of benzene rings is 1. The number of halogens is 1. The number of rotatable bonds is 2. The highest BCUT2D eigenvalue weighted by molar-refractivity contribution is 9.10. The first-order valence-electron chi connectivity index (χ1n) is 6.83. The molecule has 1 aliphatic heterocycles. The number of sulfone groups is 2. The maximum Gasteiger partial charge on any atom is 0.347 e. The Morgan fingerprint density at radius 1 is 1.24 bits per heavy atom. The van der Waals surface area contributed by atoms with Crippen LogP contribution < -0.4 is 5.48 Å². The standard InChI is InChI=1S/C14H15BrN2O6S2/c1-14(2)17(13(18)16-19)12(4-3-9-24(14,20)21)25(22,23)11-7-5-10(15)6-8-11/h3-9,19H,1-2H3,(H,16,18). The summed E-state index contributed by atoms with van der Waals surface area (Å²) in [5.74, 6) is 0. The molecule has 25 heavy (non-hydrogen) atoms. The van der Waals surface area contributed by atoms with Gasteiger partial charge in [-0.25, -0.2) is 27.1 Å². The predicted molar refractivity (Wildman–Crippen MR) is 93.7 cm³/mol. The summed E-state index contributed by atoms with van der Waals surface area (Å²) in [4.78, 5) is 10.5. The lowest BCUT2D eigenvalue weighted by Crippen LogP contribution is -2.55. The number of hydroxylamine groups is 1. The molecule has 11 heteroatoms. The van der Waals surface area contributed by atoms with Gasteiger partial charge in [0, 0.05) is 9.88 Å². The van der Waals surface area contributed by atoms with Crippen molar-refractivity contribution in [3.8, 4) is 0 Å². The molecule has 0 saturated heterocycles. The Hall–Kier alpha value is -1.69. The first-order chi connectivity index (χ1) is 11.4. The first kappa shape index (κ1) is 19.6. The summed E-state index contributed by atoms with van der Waals surface area (Å²) in [5, 5.41) is 9.22. The summed E-state index contributed by atoms with van der Waals surface area (Å²) >= 11 is 3.19. The molecule has 0 fully saturated rings. The lowest BCUT2D eigenvalue weighted by Gasteiger charge is -2.36. The summed E-state index contributed by atoms with van der Waals surface area (Å²) in [7, 11) is -8.28. The van der Waals surface area contributed by atoms with E-state index in [0.717, 1.165) is 31.4 Å². The maximum atomic E-state index is 13.0. The van der Waals surface area contributed by atoms with Crippen LogP contribution in [0.2, 0.25) is 0 Å². The number of urea groups is 1. The van der Waals surface area contributed by atoms with Gasteiger partial charge >= 0.3 is 6.03 Å². The van der Waals surface area contributed by atoms with E-state index in [4.69, 9.17) is 5.21 Å². The van der Waals surface area contributed by atoms with Gasteiger partial charge in [-0.1, -0.05) is 15.9 Å². The molecule has 1 heterocycles. The van der Waals surface area contributed by atoms with Gasteiger partial charge in [0.1, 0.15) is 9.90 Å². The molecular weight excluding hydrogens is 436 g/mol. The zero-order chi connectivity index (χ0) is 19.0. The van der Waals surface area contributed by atoms with Crippen LogP contribution in [0, 0.1) is 0 Å². The third kappa shape index (κ3) is 3.36. The summed E-state index contributed by atoms with van der Waals surface area (Å²) in [5.41, 5.74) is 1.30. The number of nitrogens with one attached hydrogen (secondary N) is 1. The van der Waals surface area contributed by atoms with Crippen molar-refractivity contribution in [2.24, 2.45) is 0 Å². The van der Waals surface area contributed by atoms with Gasteiger partial charge in [-0.15, -0.1) is 0 Å². The summed E-state index contributed by atoms with van der Waals surface area (Å²) in [6.07, 6.45) is 2.03. The summed E-state index contributed by atoms with van der Waals surface area (Å²) in [6.45, 7) is 2.33. The van der Waals surface area contributed by atoms with Crippen LogP contribution in [0.25, 0.3) is 0 Å². The van der Waals surface area contributed by atoms with Crippen LogP contribution in [0.3, 0.4) is 0 Å². The monoisotopic (exact) mass is 450 g/mol. The van der Waals surface area contributed by atoms with Crippen LogP contribution in [0.5, 0.6) is 0 Å². The highest BCUT2D eigenvalue weighted by Gasteiger charge is 2.47. The molecule has 2 rings (SSSR count). The summed E-state index contributed by atoms with van der Waals surface area (Å²) in [6, 6.07) is 4.33. The number of amides is 2. The molecule has 2 amide bonds. The highest BCUT2D eigenvalue weighted by Crippen LogP contribution is 2.35. The second kappa shape index (κ2) is 6.56. The number of carbonyl (C=O) groups is 1. The molecule has 136 valence electrons. The van der Waals surface area contributed by atoms with Crippen molar-refractivity contribution in [1.29, 1.82) is 0 Å². The van der Waals surface area contributed by atoms with Crippen LogP contribution >= 0.6 is 15.9 Å². The molecule has 0 unspecified atom stereocenters. The Balaban J connectivity index is 2.73. The smallest absolute Gasteiger partial charge is 0.287 e. The van der Waals surface area contributed by atoms with E-state index in [9.17, 15) is 21.6 Å². The Kier molecular flexibility index (Phi) is 5.15. The normalized spacial score (nSPS) is 19.0. The number of allylic oxidation sites excluding steroid dienone is 2.